The fourth-order valence-electron chi connectivity index (χ4n) is 2.05. The number of carbonyl (C=O) groups is 1. The first-order valence-electron chi connectivity index (χ1n) is 6.74. The molecule has 1 aromatic carbocycles. The smallest absolute Gasteiger partial charge is 0.230 e. The van der Waals surface area contributed by atoms with E-state index in [1.807, 2.05) is 37.3 Å². The van der Waals surface area contributed by atoms with E-state index in [4.69, 9.17) is 4.52 Å². The highest BCUT2D eigenvalue weighted by Gasteiger charge is 2.15. The highest BCUT2D eigenvalue weighted by molar-refractivity contribution is 7.18. The van der Waals surface area contributed by atoms with Crippen molar-refractivity contribution in [1.82, 2.24) is 15.4 Å². The molecule has 1 amide bonds. The molecule has 22 heavy (non-hydrogen) atoms. The van der Waals surface area contributed by atoms with Gasteiger partial charge >= 0.3 is 0 Å². The highest BCUT2D eigenvalue weighted by Crippen LogP contribution is 2.26. The van der Waals surface area contributed by atoms with Crippen molar-refractivity contribution in [2.75, 3.05) is 5.32 Å². The van der Waals surface area contributed by atoms with E-state index < -0.39 is 0 Å². The number of aromatic nitrogens is 3. The maximum absolute atomic E-state index is 12.1. The average Bonchev–Trinajstić information content (AvgIpc) is 3.10. The lowest BCUT2D eigenvalue weighted by Crippen LogP contribution is -2.15. The molecule has 0 fully saturated rings. The number of carbonyl (C=O) groups excluding carboxylic acids is 1. The molecule has 0 aliphatic rings. The average molecular weight is 314 g/mol. The minimum atomic E-state index is -0.162. The van der Waals surface area contributed by atoms with Crippen LogP contribution < -0.4 is 5.32 Å². The van der Waals surface area contributed by atoms with Gasteiger partial charge in [-0.1, -0.05) is 46.8 Å². The molecule has 3 rings (SSSR count). The zero-order chi connectivity index (χ0) is 15.5. The molecule has 0 radical (unpaired) electrons. The predicted molar refractivity (Wildman–Crippen MR) is 83.7 cm³/mol. The Morgan fingerprint density at radius 3 is 2.68 bits per heavy atom. The van der Waals surface area contributed by atoms with Crippen LogP contribution >= 0.6 is 11.3 Å². The summed E-state index contributed by atoms with van der Waals surface area (Å²) in [4.78, 5) is 12.1. The van der Waals surface area contributed by atoms with Gasteiger partial charge < -0.3 is 9.84 Å². The van der Waals surface area contributed by atoms with Crippen molar-refractivity contribution in [3.05, 3.63) is 47.3 Å². The van der Waals surface area contributed by atoms with Crippen LogP contribution in [0, 0.1) is 13.8 Å². The Hall–Kier alpha value is -2.54. The van der Waals surface area contributed by atoms with E-state index in [0.717, 1.165) is 21.8 Å². The van der Waals surface area contributed by atoms with E-state index >= 15 is 0 Å². The number of hydrogen-bond donors (Lipinski definition) is 1. The second-order valence-corrected chi connectivity index (χ2v) is 5.78. The van der Waals surface area contributed by atoms with Crippen LogP contribution in [0.2, 0.25) is 0 Å². The van der Waals surface area contributed by atoms with Crippen LogP contribution in [0.3, 0.4) is 0 Å². The van der Waals surface area contributed by atoms with Gasteiger partial charge in [-0.05, 0) is 13.8 Å². The first-order valence-corrected chi connectivity index (χ1v) is 7.55. The van der Waals surface area contributed by atoms with E-state index in [1.165, 1.54) is 11.3 Å². The van der Waals surface area contributed by atoms with Crippen LogP contribution in [0.25, 0.3) is 10.6 Å². The zero-order valence-corrected chi connectivity index (χ0v) is 13.0. The van der Waals surface area contributed by atoms with Gasteiger partial charge in [-0.15, -0.1) is 10.2 Å². The monoisotopic (exact) mass is 314 g/mol. The van der Waals surface area contributed by atoms with Crippen molar-refractivity contribution in [3.8, 4) is 10.6 Å². The van der Waals surface area contributed by atoms with Gasteiger partial charge in [0.25, 0.3) is 0 Å². The molecule has 3 aromatic rings. The number of amides is 1. The number of hydrogen-bond acceptors (Lipinski definition) is 6. The molecule has 6 nitrogen and oxygen atoms in total. The van der Waals surface area contributed by atoms with Gasteiger partial charge in [-0.3, -0.25) is 4.79 Å². The van der Waals surface area contributed by atoms with Crippen LogP contribution in [-0.2, 0) is 11.2 Å². The summed E-state index contributed by atoms with van der Waals surface area (Å²) in [6.45, 7) is 3.61. The Kier molecular flexibility index (Phi) is 3.97. The lowest BCUT2D eigenvalue weighted by Gasteiger charge is -2.00. The Balaban J connectivity index is 1.69. The molecule has 0 saturated carbocycles. The largest absolute Gasteiger partial charge is 0.361 e. The third-order valence-electron chi connectivity index (χ3n) is 3.21. The molecule has 2 heterocycles. The van der Waals surface area contributed by atoms with Gasteiger partial charge in [0.15, 0.2) is 0 Å². The fourth-order valence-corrected chi connectivity index (χ4v) is 2.81. The maximum Gasteiger partial charge on any atom is 0.230 e. The summed E-state index contributed by atoms with van der Waals surface area (Å²) in [5, 5.41) is 16.0. The molecule has 112 valence electrons. The van der Waals surface area contributed by atoms with Gasteiger partial charge in [-0.2, -0.15) is 0 Å². The van der Waals surface area contributed by atoms with Crippen LogP contribution in [0.1, 0.15) is 17.0 Å². The summed E-state index contributed by atoms with van der Waals surface area (Å²) < 4.78 is 5.05. The number of anilines is 1. The number of nitrogens with one attached hydrogen (secondary N) is 1. The molecule has 0 spiro atoms. The van der Waals surface area contributed by atoms with E-state index in [0.29, 0.717) is 10.9 Å². The van der Waals surface area contributed by atoms with Gasteiger partial charge in [-0.25, -0.2) is 0 Å². The summed E-state index contributed by atoms with van der Waals surface area (Å²) >= 11 is 1.34. The zero-order valence-electron chi connectivity index (χ0n) is 12.2. The number of benzene rings is 1. The summed E-state index contributed by atoms with van der Waals surface area (Å²) in [5.74, 6) is 0.500. The molecular formula is C15H14N4O2S. The van der Waals surface area contributed by atoms with Crippen molar-refractivity contribution in [2.24, 2.45) is 0 Å². The van der Waals surface area contributed by atoms with Gasteiger partial charge in [0.05, 0.1) is 12.1 Å². The summed E-state index contributed by atoms with van der Waals surface area (Å²) in [5.41, 5.74) is 2.52. The van der Waals surface area contributed by atoms with Crippen LogP contribution in [0.4, 0.5) is 5.13 Å². The SMILES string of the molecule is Cc1noc(C)c1CC(=O)Nc1nnc(-c2ccccc2)s1. The van der Waals surface area contributed by atoms with Crippen LogP contribution in [0.5, 0.6) is 0 Å². The highest BCUT2D eigenvalue weighted by atomic mass is 32.1. The lowest BCUT2D eigenvalue weighted by atomic mass is 10.1. The Morgan fingerprint density at radius 1 is 1.23 bits per heavy atom. The normalized spacial score (nSPS) is 10.6. The standard InChI is InChI=1S/C15H14N4O2S/c1-9-12(10(2)21-19-9)8-13(20)16-15-18-17-14(22-15)11-6-4-3-5-7-11/h3-7H,8H2,1-2H3,(H,16,18,20). The van der Waals surface area contributed by atoms with Crippen molar-refractivity contribution in [1.29, 1.82) is 0 Å². The lowest BCUT2D eigenvalue weighted by molar-refractivity contribution is -0.115. The minimum absolute atomic E-state index is 0.162. The van der Waals surface area contributed by atoms with Crippen molar-refractivity contribution in [2.45, 2.75) is 20.3 Å². The van der Waals surface area contributed by atoms with E-state index in [9.17, 15) is 4.79 Å². The molecule has 1 N–H and O–H groups in total. The van der Waals surface area contributed by atoms with Gasteiger partial charge in [0.1, 0.15) is 10.8 Å². The number of aryl methyl sites for hydroxylation is 2. The van der Waals surface area contributed by atoms with Crippen molar-refractivity contribution in [3.63, 3.8) is 0 Å². The van der Waals surface area contributed by atoms with Gasteiger partial charge in [0, 0.05) is 11.1 Å². The van der Waals surface area contributed by atoms with Crippen molar-refractivity contribution < 1.29 is 9.32 Å². The molecule has 0 unspecified atom stereocenters. The van der Waals surface area contributed by atoms with E-state index in [1.54, 1.807) is 6.92 Å². The van der Waals surface area contributed by atoms with Gasteiger partial charge in [0.2, 0.25) is 11.0 Å². The van der Waals surface area contributed by atoms with Crippen molar-refractivity contribution >= 4 is 22.4 Å². The molecule has 0 atom stereocenters. The fraction of sp³-hybridized carbons (Fsp3) is 0.200. The van der Waals surface area contributed by atoms with E-state index in [2.05, 4.69) is 20.7 Å². The van der Waals surface area contributed by atoms with Crippen LogP contribution in [-0.4, -0.2) is 21.3 Å². The van der Waals surface area contributed by atoms with E-state index in [-0.39, 0.29) is 12.3 Å². The maximum atomic E-state index is 12.1. The molecule has 0 aliphatic heterocycles. The quantitative estimate of drug-likeness (QED) is 0.800. The Morgan fingerprint density at radius 2 is 2.00 bits per heavy atom. The molecule has 0 saturated heterocycles. The second kappa shape index (κ2) is 6.07. The van der Waals surface area contributed by atoms with Crippen LogP contribution in [0.15, 0.2) is 34.9 Å². The predicted octanol–water partition coefficient (Wildman–Crippen LogP) is 2.99. The number of rotatable bonds is 4. The summed E-state index contributed by atoms with van der Waals surface area (Å²) in [6.07, 6.45) is 0.210. The topological polar surface area (TPSA) is 80.9 Å². The number of nitrogens with zero attached hydrogens (tertiary/aromatic N) is 3. The minimum Gasteiger partial charge on any atom is -0.361 e. The summed E-state index contributed by atoms with van der Waals surface area (Å²) in [7, 11) is 0. The molecule has 2 aromatic heterocycles. The third-order valence-corrected chi connectivity index (χ3v) is 4.10. The molecule has 7 heteroatoms. The molecular weight excluding hydrogens is 300 g/mol. The first-order chi connectivity index (χ1) is 10.6. The molecule has 0 bridgehead atoms. The Bertz CT molecular complexity index is 775. The third kappa shape index (κ3) is 3.04. The molecule has 0 aliphatic carbocycles. The Labute approximate surface area is 131 Å². The second-order valence-electron chi connectivity index (χ2n) is 4.81. The first kappa shape index (κ1) is 14.4. The summed E-state index contributed by atoms with van der Waals surface area (Å²) in [6, 6.07) is 9.72.